The van der Waals surface area contributed by atoms with Gasteiger partial charge in [0.2, 0.25) is 0 Å². The lowest BCUT2D eigenvalue weighted by atomic mass is 10.1. The van der Waals surface area contributed by atoms with E-state index in [9.17, 15) is 0 Å². The van der Waals surface area contributed by atoms with Crippen molar-refractivity contribution in [1.82, 2.24) is 9.78 Å². The van der Waals surface area contributed by atoms with Gasteiger partial charge in [0.05, 0.1) is 6.20 Å². The minimum Gasteiger partial charge on any atom is -0.436 e. The number of aryl methyl sites for hydroxylation is 2. The van der Waals surface area contributed by atoms with Crippen LogP contribution in [0, 0.1) is 0 Å². The van der Waals surface area contributed by atoms with Gasteiger partial charge in [-0.1, -0.05) is 18.5 Å². The number of rotatable bonds is 3. The van der Waals surface area contributed by atoms with Crippen molar-refractivity contribution in [2.75, 3.05) is 5.73 Å². The smallest absolute Gasteiger partial charge is 0.261 e. The van der Waals surface area contributed by atoms with Gasteiger partial charge < -0.3 is 10.5 Å². The molecule has 2 rings (SSSR count). The van der Waals surface area contributed by atoms with E-state index in [1.807, 2.05) is 19.1 Å². The van der Waals surface area contributed by atoms with E-state index in [2.05, 4.69) is 5.10 Å². The van der Waals surface area contributed by atoms with Crippen LogP contribution in [-0.4, -0.2) is 9.78 Å². The Morgan fingerprint density at radius 2 is 2.24 bits per heavy atom. The second kappa shape index (κ2) is 4.67. The van der Waals surface area contributed by atoms with Crippen molar-refractivity contribution in [1.29, 1.82) is 0 Å². The summed E-state index contributed by atoms with van der Waals surface area (Å²) >= 11 is 6.03. The van der Waals surface area contributed by atoms with Crippen LogP contribution in [0.25, 0.3) is 0 Å². The largest absolute Gasteiger partial charge is 0.436 e. The molecular formula is C12H14ClN3O. The molecule has 0 saturated carbocycles. The third kappa shape index (κ3) is 2.53. The third-order valence-corrected chi connectivity index (χ3v) is 2.80. The predicted octanol–water partition coefficient (Wildman–Crippen LogP) is 3.01. The van der Waals surface area contributed by atoms with Crippen molar-refractivity contribution in [3.05, 3.63) is 35.0 Å². The summed E-state index contributed by atoms with van der Waals surface area (Å²) in [7, 11) is 1.79. The fourth-order valence-electron chi connectivity index (χ4n) is 1.56. The Labute approximate surface area is 105 Å². The summed E-state index contributed by atoms with van der Waals surface area (Å²) in [6.45, 7) is 2.04. The lowest BCUT2D eigenvalue weighted by Gasteiger charge is -2.06. The van der Waals surface area contributed by atoms with Gasteiger partial charge >= 0.3 is 0 Å². The highest BCUT2D eigenvalue weighted by Gasteiger charge is 2.08. The van der Waals surface area contributed by atoms with E-state index in [4.69, 9.17) is 22.1 Å². The molecule has 5 heteroatoms. The number of nitrogens with zero attached hydrogens (tertiary/aromatic N) is 2. The van der Waals surface area contributed by atoms with Gasteiger partial charge in [-0.15, -0.1) is 5.10 Å². The average molecular weight is 252 g/mol. The first kappa shape index (κ1) is 11.8. The second-order valence-corrected chi connectivity index (χ2v) is 4.18. The Hall–Kier alpha value is -1.68. The van der Waals surface area contributed by atoms with Gasteiger partial charge in [-0.05, 0) is 30.2 Å². The van der Waals surface area contributed by atoms with Crippen molar-refractivity contribution in [2.24, 2.45) is 7.05 Å². The molecule has 4 nitrogen and oxygen atoms in total. The highest BCUT2D eigenvalue weighted by Crippen LogP contribution is 2.28. The molecule has 0 atom stereocenters. The van der Waals surface area contributed by atoms with Crippen LogP contribution >= 0.6 is 11.6 Å². The number of hydrogen-bond donors (Lipinski definition) is 1. The number of nitrogen functional groups attached to an aromatic ring is 1. The van der Waals surface area contributed by atoms with Crippen molar-refractivity contribution in [3.63, 3.8) is 0 Å². The number of hydrogen-bond acceptors (Lipinski definition) is 3. The molecule has 0 amide bonds. The van der Waals surface area contributed by atoms with E-state index in [0.29, 0.717) is 17.3 Å². The number of aromatic nitrogens is 2. The molecule has 90 valence electrons. The van der Waals surface area contributed by atoms with Gasteiger partial charge in [0, 0.05) is 12.1 Å². The fourth-order valence-corrected chi connectivity index (χ4v) is 1.81. The van der Waals surface area contributed by atoms with Gasteiger partial charge in [0.25, 0.3) is 5.88 Å². The molecule has 0 aliphatic carbocycles. The Balaban J connectivity index is 2.27. The minimum absolute atomic E-state index is 0.414. The molecule has 0 bridgehead atoms. The Bertz CT molecular complexity index is 537. The van der Waals surface area contributed by atoms with Crippen LogP contribution in [0.3, 0.4) is 0 Å². The predicted molar refractivity (Wildman–Crippen MR) is 68.5 cm³/mol. The summed E-state index contributed by atoms with van der Waals surface area (Å²) in [6, 6.07) is 5.51. The molecule has 2 N–H and O–H groups in total. The average Bonchev–Trinajstić information content (AvgIpc) is 2.60. The topological polar surface area (TPSA) is 53.1 Å². The molecule has 0 radical (unpaired) electrons. The SMILES string of the molecule is CCc1cc(Oc2nn(C)cc2N)ccc1Cl. The lowest BCUT2D eigenvalue weighted by molar-refractivity contribution is 0.455. The Kier molecular flexibility index (Phi) is 3.24. The van der Waals surface area contributed by atoms with Crippen LogP contribution in [0.4, 0.5) is 5.69 Å². The monoisotopic (exact) mass is 251 g/mol. The van der Waals surface area contributed by atoms with Gasteiger partial charge in [0.15, 0.2) is 0 Å². The Morgan fingerprint density at radius 1 is 1.47 bits per heavy atom. The fraction of sp³-hybridized carbons (Fsp3) is 0.250. The molecule has 1 aromatic carbocycles. The summed E-state index contributed by atoms with van der Waals surface area (Å²) in [5, 5.41) is 4.86. The zero-order valence-corrected chi connectivity index (χ0v) is 10.5. The molecule has 17 heavy (non-hydrogen) atoms. The van der Waals surface area contributed by atoms with Gasteiger partial charge in [-0.3, -0.25) is 4.68 Å². The standard InChI is InChI=1S/C12H14ClN3O/c1-3-8-6-9(4-5-10(8)13)17-12-11(14)7-16(2)15-12/h4-7H,3,14H2,1-2H3. The van der Waals surface area contributed by atoms with Crippen molar-refractivity contribution in [3.8, 4) is 11.6 Å². The zero-order chi connectivity index (χ0) is 12.4. The first-order valence-electron chi connectivity index (χ1n) is 5.35. The molecule has 1 heterocycles. The zero-order valence-electron chi connectivity index (χ0n) is 9.77. The molecule has 0 saturated heterocycles. The van der Waals surface area contributed by atoms with Crippen molar-refractivity contribution >= 4 is 17.3 Å². The summed E-state index contributed by atoms with van der Waals surface area (Å²) in [6.07, 6.45) is 2.56. The normalized spacial score (nSPS) is 10.5. The van der Waals surface area contributed by atoms with E-state index in [0.717, 1.165) is 17.0 Å². The maximum atomic E-state index is 6.03. The highest BCUT2D eigenvalue weighted by molar-refractivity contribution is 6.31. The molecule has 1 aromatic heterocycles. The minimum atomic E-state index is 0.414. The van der Waals surface area contributed by atoms with E-state index in [-0.39, 0.29) is 0 Å². The second-order valence-electron chi connectivity index (χ2n) is 3.77. The quantitative estimate of drug-likeness (QED) is 0.912. The van der Waals surface area contributed by atoms with Crippen LogP contribution in [-0.2, 0) is 13.5 Å². The number of halogens is 1. The number of benzene rings is 1. The highest BCUT2D eigenvalue weighted by atomic mass is 35.5. The summed E-state index contributed by atoms with van der Waals surface area (Å²) < 4.78 is 7.22. The number of ether oxygens (including phenoxy) is 1. The molecule has 0 aliphatic rings. The molecule has 0 fully saturated rings. The molecule has 0 unspecified atom stereocenters. The summed E-state index contributed by atoms with van der Waals surface area (Å²) in [5.41, 5.74) is 7.31. The van der Waals surface area contributed by atoms with Gasteiger partial charge in [0.1, 0.15) is 11.4 Å². The van der Waals surface area contributed by atoms with Crippen LogP contribution in [0.15, 0.2) is 24.4 Å². The lowest BCUT2D eigenvalue weighted by Crippen LogP contribution is -1.92. The number of anilines is 1. The molecular weight excluding hydrogens is 238 g/mol. The number of nitrogens with two attached hydrogens (primary N) is 1. The maximum Gasteiger partial charge on any atom is 0.261 e. The molecule has 0 spiro atoms. The van der Waals surface area contributed by atoms with Gasteiger partial charge in [-0.2, -0.15) is 0 Å². The van der Waals surface area contributed by atoms with E-state index in [1.165, 1.54) is 0 Å². The first-order chi connectivity index (χ1) is 8.10. The van der Waals surface area contributed by atoms with Crippen LogP contribution < -0.4 is 10.5 Å². The summed E-state index contributed by atoms with van der Waals surface area (Å²) in [5.74, 6) is 1.11. The van der Waals surface area contributed by atoms with E-state index < -0.39 is 0 Å². The maximum absolute atomic E-state index is 6.03. The summed E-state index contributed by atoms with van der Waals surface area (Å²) in [4.78, 5) is 0. The van der Waals surface area contributed by atoms with E-state index in [1.54, 1.807) is 24.0 Å². The van der Waals surface area contributed by atoms with Crippen LogP contribution in [0.1, 0.15) is 12.5 Å². The van der Waals surface area contributed by atoms with Crippen LogP contribution in [0.2, 0.25) is 5.02 Å². The van der Waals surface area contributed by atoms with Crippen LogP contribution in [0.5, 0.6) is 11.6 Å². The molecule has 2 aromatic rings. The van der Waals surface area contributed by atoms with Crippen molar-refractivity contribution in [2.45, 2.75) is 13.3 Å². The van der Waals surface area contributed by atoms with Crippen molar-refractivity contribution < 1.29 is 4.74 Å². The first-order valence-corrected chi connectivity index (χ1v) is 5.73. The Morgan fingerprint density at radius 3 is 2.82 bits per heavy atom. The third-order valence-electron chi connectivity index (χ3n) is 2.43. The van der Waals surface area contributed by atoms with Gasteiger partial charge in [-0.25, -0.2) is 0 Å². The van der Waals surface area contributed by atoms with E-state index >= 15 is 0 Å². The molecule has 0 aliphatic heterocycles.